The van der Waals surface area contributed by atoms with Crippen LogP contribution in [0.4, 0.5) is 5.69 Å². The van der Waals surface area contributed by atoms with Gasteiger partial charge in [-0.15, -0.1) is 0 Å². The minimum atomic E-state index is -2.88. The number of pyridine rings is 1. The van der Waals surface area contributed by atoms with Crippen LogP contribution < -0.4 is 10.2 Å². The van der Waals surface area contributed by atoms with Crippen molar-refractivity contribution in [3.05, 3.63) is 24.0 Å². The van der Waals surface area contributed by atoms with E-state index in [-0.39, 0.29) is 23.6 Å². The van der Waals surface area contributed by atoms with Gasteiger partial charge >= 0.3 is 0 Å². The number of hydrogen-bond donors (Lipinski definition) is 1. The summed E-state index contributed by atoms with van der Waals surface area (Å²) in [7, 11) is -2.88. The van der Waals surface area contributed by atoms with Crippen molar-refractivity contribution in [3.63, 3.8) is 0 Å². The summed E-state index contributed by atoms with van der Waals surface area (Å²) in [6.07, 6.45) is 2.95. The van der Waals surface area contributed by atoms with Gasteiger partial charge in [0, 0.05) is 18.6 Å². The van der Waals surface area contributed by atoms with Gasteiger partial charge in [-0.3, -0.25) is 4.98 Å². The largest absolute Gasteiger partial charge is 0.366 e. The molecule has 1 fully saturated rings. The number of nitrogens with one attached hydrogen (secondary N) is 1. The minimum absolute atomic E-state index is 0.00652. The molecule has 2 atom stereocenters. The van der Waals surface area contributed by atoms with Gasteiger partial charge in [-0.25, -0.2) is 8.42 Å². The lowest BCUT2D eigenvalue weighted by atomic mass is 10.2. The summed E-state index contributed by atoms with van der Waals surface area (Å²) in [5.41, 5.74) is 2.02. The second kappa shape index (κ2) is 6.75. The van der Waals surface area contributed by atoms with Gasteiger partial charge in [0.15, 0.2) is 9.84 Å². The van der Waals surface area contributed by atoms with Crippen LogP contribution in [-0.2, 0) is 9.84 Å². The van der Waals surface area contributed by atoms with Gasteiger partial charge in [-0.05, 0) is 38.9 Å². The Morgan fingerprint density at radius 3 is 2.81 bits per heavy atom. The lowest BCUT2D eigenvalue weighted by molar-refractivity contribution is 0.557. The van der Waals surface area contributed by atoms with Crippen molar-refractivity contribution in [3.8, 4) is 0 Å². The molecule has 0 aromatic carbocycles. The molecular weight excluding hydrogens is 286 g/mol. The lowest BCUT2D eigenvalue weighted by Gasteiger charge is -2.35. The Kier molecular flexibility index (Phi) is 5.22. The van der Waals surface area contributed by atoms with E-state index in [4.69, 9.17) is 0 Å². The van der Waals surface area contributed by atoms with Crippen molar-refractivity contribution in [1.82, 2.24) is 10.3 Å². The summed E-state index contributed by atoms with van der Waals surface area (Å²) in [5.74, 6) is 0.455. The lowest BCUT2D eigenvalue weighted by Crippen LogP contribution is -2.47. The second-order valence-electron chi connectivity index (χ2n) is 5.77. The number of rotatable bonds is 5. The molecular formula is C15H25N3O2S. The highest BCUT2D eigenvalue weighted by Crippen LogP contribution is 2.22. The average Bonchev–Trinajstić information content (AvgIpc) is 2.44. The first-order valence-corrected chi connectivity index (χ1v) is 9.41. The van der Waals surface area contributed by atoms with E-state index in [0.29, 0.717) is 6.54 Å². The minimum Gasteiger partial charge on any atom is -0.366 e. The zero-order valence-electron chi connectivity index (χ0n) is 13.0. The summed E-state index contributed by atoms with van der Waals surface area (Å²) in [4.78, 5) is 6.65. The summed E-state index contributed by atoms with van der Waals surface area (Å²) >= 11 is 0. The molecule has 6 heteroatoms. The molecule has 2 unspecified atom stereocenters. The van der Waals surface area contributed by atoms with E-state index in [0.717, 1.165) is 24.3 Å². The number of anilines is 1. The standard InChI is InChI=1S/C15H25N3O2S/c1-4-7-16-13(3)15-6-5-14(10-17-15)18-8-9-21(19,20)11-12(18)2/h5-6,10,12-13,16H,4,7-9,11H2,1-3H3. The van der Waals surface area contributed by atoms with E-state index in [2.05, 4.69) is 29.0 Å². The van der Waals surface area contributed by atoms with Crippen LogP contribution in [0, 0.1) is 0 Å². The van der Waals surface area contributed by atoms with Crippen LogP contribution in [0.15, 0.2) is 18.3 Å². The molecule has 5 nitrogen and oxygen atoms in total. The van der Waals surface area contributed by atoms with Gasteiger partial charge in [-0.2, -0.15) is 0 Å². The first-order chi connectivity index (χ1) is 9.93. The maximum absolute atomic E-state index is 11.6. The smallest absolute Gasteiger partial charge is 0.154 e. The van der Waals surface area contributed by atoms with Gasteiger partial charge in [0.25, 0.3) is 0 Å². The van der Waals surface area contributed by atoms with Crippen LogP contribution >= 0.6 is 0 Å². The fraction of sp³-hybridized carbons (Fsp3) is 0.667. The van der Waals surface area contributed by atoms with Crippen molar-refractivity contribution in [1.29, 1.82) is 0 Å². The van der Waals surface area contributed by atoms with E-state index in [9.17, 15) is 8.42 Å². The van der Waals surface area contributed by atoms with Gasteiger partial charge < -0.3 is 10.2 Å². The number of hydrogen-bond acceptors (Lipinski definition) is 5. The van der Waals surface area contributed by atoms with E-state index < -0.39 is 9.84 Å². The van der Waals surface area contributed by atoms with Crippen molar-refractivity contribution in [2.75, 3.05) is 29.5 Å². The summed E-state index contributed by atoms with van der Waals surface area (Å²) in [6.45, 7) is 7.73. The third-order valence-corrected chi connectivity index (χ3v) is 5.71. The molecule has 21 heavy (non-hydrogen) atoms. The van der Waals surface area contributed by atoms with Crippen LogP contribution in [0.3, 0.4) is 0 Å². The van der Waals surface area contributed by atoms with Crippen LogP contribution in [0.1, 0.15) is 38.9 Å². The van der Waals surface area contributed by atoms with E-state index >= 15 is 0 Å². The molecule has 0 amide bonds. The SMILES string of the molecule is CCCNC(C)c1ccc(N2CCS(=O)(=O)CC2C)cn1. The summed E-state index contributed by atoms with van der Waals surface area (Å²) < 4.78 is 23.3. The van der Waals surface area contributed by atoms with Gasteiger partial charge in [0.05, 0.1) is 29.1 Å². The Morgan fingerprint density at radius 2 is 2.24 bits per heavy atom. The predicted molar refractivity (Wildman–Crippen MR) is 86.4 cm³/mol. The molecule has 2 rings (SSSR count). The first-order valence-electron chi connectivity index (χ1n) is 7.59. The molecule has 1 N–H and O–H groups in total. The Bertz CT molecular complexity index is 557. The average molecular weight is 311 g/mol. The molecule has 1 aromatic heterocycles. The molecule has 0 saturated carbocycles. The van der Waals surface area contributed by atoms with Crippen LogP contribution in [-0.4, -0.2) is 44.0 Å². The Hall–Kier alpha value is -1.14. The second-order valence-corrected chi connectivity index (χ2v) is 8.00. The Morgan fingerprint density at radius 1 is 1.48 bits per heavy atom. The highest BCUT2D eigenvalue weighted by Gasteiger charge is 2.28. The van der Waals surface area contributed by atoms with E-state index in [1.807, 2.05) is 25.3 Å². The van der Waals surface area contributed by atoms with Crippen molar-refractivity contribution >= 4 is 15.5 Å². The van der Waals surface area contributed by atoms with Crippen molar-refractivity contribution < 1.29 is 8.42 Å². The molecule has 0 aliphatic carbocycles. The molecule has 0 radical (unpaired) electrons. The van der Waals surface area contributed by atoms with E-state index in [1.54, 1.807) is 0 Å². The number of sulfone groups is 1. The highest BCUT2D eigenvalue weighted by molar-refractivity contribution is 7.91. The molecule has 1 aromatic rings. The fourth-order valence-corrected chi connectivity index (χ4v) is 4.23. The Labute approximate surface area is 127 Å². The van der Waals surface area contributed by atoms with E-state index in [1.165, 1.54) is 0 Å². The predicted octanol–water partition coefficient (Wildman–Crippen LogP) is 1.77. The van der Waals surface area contributed by atoms with Crippen molar-refractivity contribution in [2.45, 2.75) is 39.3 Å². The van der Waals surface area contributed by atoms with Crippen LogP contribution in [0.25, 0.3) is 0 Å². The number of aromatic nitrogens is 1. The maximum Gasteiger partial charge on any atom is 0.154 e. The van der Waals surface area contributed by atoms with Crippen molar-refractivity contribution in [2.24, 2.45) is 0 Å². The quantitative estimate of drug-likeness (QED) is 0.898. The summed E-state index contributed by atoms with van der Waals surface area (Å²) in [6, 6.07) is 4.31. The van der Waals surface area contributed by atoms with Crippen LogP contribution in [0.2, 0.25) is 0 Å². The summed E-state index contributed by atoms with van der Waals surface area (Å²) in [5, 5.41) is 3.41. The zero-order chi connectivity index (χ0) is 15.5. The van der Waals surface area contributed by atoms with Gasteiger partial charge in [-0.1, -0.05) is 6.92 Å². The maximum atomic E-state index is 11.6. The third kappa shape index (κ3) is 4.17. The molecule has 0 spiro atoms. The molecule has 118 valence electrons. The molecule has 1 aliphatic rings. The third-order valence-electron chi connectivity index (χ3n) is 3.92. The fourth-order valence-electron chi connectivity index (χ4n) is 2.67. The first kappa shape index (κ1) is 16.2. The van der Waals surface area contributed by atoms with Gasteiger partial charge in [0.1, 0.15) is 0 Å². The van der Waals surface area contributed by atoms with Crippen LogP contribution in [0.5, 0.6) is 0 Å². The zero-order valence-corrected chi connectivity index (χ0v) is 13.9. The molecule has 1 aliphatic heterocycles. The molecule has 2 heterocycles. The molecule has 1 saturated heterocycles. The topological polar surface area (TPSA) is 62.3 Å². The molecule has 0 bridgehead atoms. The van der Waals surface area contributed by atoms with Gasteiger partial charge in [0.2, 0.25) is 0 Å². The Balaban J connectivity index is 2.05. The number of nitrogens with zero attached hydrogens (tertiary/aromatic N) is 2. The highest BCUT2D eigenvalue weighted by atomic mass is 32.2. The monoisotopic (exact) mass is 311 g/mol. The normalized spacial score (nSPS) is 23.0.